The van der Waals surface area contributed by atoms with Crippen molar-refractivity contribution < 1.29 is 24.2 Å². The minimum atomic E-state index is -1.07. The van der Waals surface area contributed by atoms with E-state index in [9.17, 15) is 19.5 Å². The second kappa shape index (κ2) is 7.58. The molecule has 1 heterocycles. The van der Waals surface area contributed by atoms with Crippen molar-refractivity contribution in [1.29, 1.82) is 0 Å². The first-order valence-electron chi connectivity index (χ1n) is 9.57. The molecule has 0 spiro atoms. The lowest BCUT2D eigenvalue weighted by atomic mass is 9.98. The first-order valence-corrected chi connectivity index (χ1v) is 9.57. The number of aliphatic carboxylic acids is 1. The fourth-order valence-corrected chi connectivity index (χ4v) is 4.33. The third-order valence-corrected chi connectivity index (χ3v) is 5.66. The van der Waals surface area contributed by atoms with E-state index < -0.39 is 24.1 Å². The smallest absolute Gasteiger partial charge is 0.407 e. The molecule has 1 aliphatic heterocycles. The molecule has 2 aromatic rings. The second-order valence-corrected chi connectivity index (χ2v) is 7.43. The number of carboxylic acids is 1. The number of amides is 2. The summed E-state index contributed by atoms with van der Waals surface area (Å²) in [5.41, 5.74) is 4.54. The Balaban J connectivity index is 1.41. The molecular weight excluding hydrogens is 372 g/mol. The van der Waals surface area contributed by atoms with Gasteiger partial charge in [0.2, 0.25) is 5.91 Å². The van der Waals surface area contributed by atoms with Gasteiger partial charge >= 0.3 is 12.1 Å². The number of hydrogen-bond donors (Lipinski definition) is 2. The third-order valence-electron chi connectivity index (χ3n) is 5.66. The van der Waals surface area contributed by atoms with Crippen LogP contribution in [0.15, 0.2) is 48.5 Å². The van der Waals surface area contributed by atoms with Crippen molar-refractivity contribution in [2.45, 2.75) is 31.3 Å². The normalized spacial score (nSPS) is 20.1. The maximum Gasteiger partial charge on any atom is 0.407 e. The van der Waals surface area contributed by atoms with Gasteiger partial charge in [0.05, 0.1) is 6.04 Å². The van der Waals surface area contributed by atoms with Gasteiger partial charge in [0.25, 0.3) is 0 Å². The summed E-state index contributed by atoms with van der Waals surface area (Å²) in [5, 5.41) is 12.0. The van der Waals surface area contributed by atoms with Crippen LogP contribution in [0.2, 0.25) is 0 Å². The second-order valence-electron chi connectivity index (χ2n) is 7.43. The van der Waals surface area contributed by atoms with Crippen molar-refractivity contribution in [3.05, 3.63) is 59.7 Å². The van der Waals surface area contributed by atoms with Gasteiger partial charge in [-0.2, -0.15) is 0 Å². The van der Waals surface area contributed by atoms with E-state index in [0.29, 0.717) is 0 Å². The summed E-state index contributed by atoms with van der Waals surface area (Å²) in [6.45, 7) is 1.67. The van der Waals surface area contributed by atoms with E-state index in [1.165, 1.54) is 11.8 Å². The van der Waals surface area contributed by atoms with Gasteiger partial charge in [-0.15, -0.1) is 0 Å². The molecule has 1 aliphatic carbocycles. The molecule has 4 rings (SSSR count). The Morgan fingerprint density at radius 1 is 1.07 bits per heavy atom. The highest BCUT2D eigenvalue weighted by molar-refractivity contribution is 5.83. The van der Waals surface area contributed by atoms with Gasteiger partial charge in [-0.25, -0.2) is 9.59 Å². The van der Waals surface area contributed by atoms with Crippen LogP contribution in [0.1, 0.15) is 30.4 Å². The maximum absolute atomic E-state index is 12.3. The fraction of sp³-hybridized carbons (Fsp3) is 0.318. The molecule has 0 bridgehead atoms. The molecule has 0 saturated carbocycles. The molecule has 0 aromatic heterocycles. The molecule has 7 nitrogen and oxygen atoms in total. The Morgan fingerprint density at radius 2 is 1.66 bits per heavy atom. The van der Waals surface area contributed by atoms with E-state index in [0.717, 1.165) is 22.3 Å². The molecule has 2 atom stereocenters. The molecule has 29 heavy (non-hydrogen) atoms. The number of rotatable bonds is 4. The number of likely N-dealkylation sites (tertiary alicyclic amines) is 1. The summed E-state index contributed by atoms with van der Waals surface area (Å²) in [4.78, 5) is 36.6. The highest BCUT2D eigenvalue weighted by Gasteiger charge is 2.39. The van der Waals surface area contributed by atoms with Gasteiger partial charge in [0, 0.05) is 25.8 Å². The summed E-state index contributed by atoms with van der Waals surface area (Å²) >= 11 is 0. The van der Waals surface area contributed by atoms with Crippen LogP contribution in [0.4, 0.5) is 4.79 Å². The monoisotopic (exact) mass is 394 g/mol. The van der Waals surface area contributed by atoms with Crippen LogP contribution in [-0.4, -0.2) is 53.2 Å². The predicted octanol–water partition coefficient (Wildman–Crippen LogP) is 2.60. The molecule has 1 saturated heterocycles. The van der Waals surface area contributed by atoms with Crippen LogP contribution in [0.5, 0.6) is 0 Å². The quantitative estimate of drug-likeness (QED) is 0.831. The number of hydrogen-bond acceptors (Lipinski definition) is 4. The SMILES string of the molecule is CC(=O)N1CC(NC(=O)OCC2c3ccccc3-c3ccccc32)CC1C(=O)O. The highest BCUT2D eigenvalue weighted by Crippen LogP contribution is 2.44. The number of alkyl carbamates (subject to hydrolysis) is 1. The summed E-state index contributed by atoms with van der Waals surface area (Å²) in [6.07, 6.45) is -0.439. The van der Waals surface area contributed by atoms with Crippen molar-refractivity contribution in [3.63, 3.8) is 0 Å². The lowest BCUT2D eigenvalue weighted by Gasteiger charge is -2.19. The zero-order chi connectivity index (χ0) is 20.5. The van der Waals surface area contributed by atoms with Crippen molar-refractivity contribution in [3.8, 4) is 11.1 Å². The van der Waals surface area contributed by atoms with Crippen LogP contribution in [0, 0.1) is 0 Å². The van der Waals surface area contributed by atoms with Crippen LogP contribution >= 0.6 is 0 Å². The van der Waals surface area contributed by atoms with E-state index in [1.54, 1.807) is 0 Å². The summed E-state index contributed by atoms with van der Waals surface area (Å²) in [5.74, 6) is -1.44. The van der Waals surface area contributed by atoms with Crippen LogP contribution in [0.25, 0.3) is 11.1 Å². The van der Waals surface area contributed by atoms with Gasteiger partial charge in [-0.3, -0.25) is 4.79 Å². The minimum absolute atomic E-state index is 0.0442. The highest BCUT2D eigenvalue weighted by atomic mass is 16.5. The number of nitrogens with one attached hydrogen (secondary N) is 1. The molecule has 1 fully saturated rings. The Labute approximate surface area is 168 Å². The number of carboxylic acid groups (broad SMARTS) is 1. The van der Waals surface area contributed by atoms with Crippen molar-refractivity contribution in [2.75, 3.05) is 13.2 Å². The van der Waals surface area contributed by atoms with Crippen molar-refractivity contribution in [1.82, 2.24) is 10.2 Å². The van der Waals surface area contributed by atoms with E-state index in [2.05, 4.69) is 17.4 Å². The van der Waals surface area contributed by atoms with Crippen LogP contribution in [0.3, 0.4) is 0 Å². The molecule has 7 heteroatoms. The Morgan fingerprint density at radius 3 is 2.17 bits per heavy atom. The van der Waals surface area contributed by atoms with Crippen molar-refractivity contribution >= 4 is 18.0 Å². The Kier molecular flexibility index (Phi) is 4.96. The lowest BCUT2D eigenvalue weighted by Crippen LogP contribution is -2.40. The molecule has 2 amide bonds. The molecule has 150 valence electrons. The summed E-state index contributed by atoms with van der Waals surface area (Å²) in [7, 11) is 0. The summed E-state index contributed by atoms with van der Waals surface area (Å²) < 4.78 is 5.49. The largest absolute Gasteiger partial charge is 0.480 e. The number of fused-ring (bicyclic) bond motifs is 3. The first-order chi connectivity index (χ1) is 14.0. The average molecular weight is 394 g/mol. The van der Waals surface area contributed by atoms with E-state index in [-0.39, 0.29) is 31.4 Å². The maximum atomic E-state index is 12.3. The summed E-state index contributed by atoms with van der Waals surface area (Å²) in [6, 6.07) is 14.8. The zero-order valence-electron chi connectivity index (χ0n) is 16.0. The van der Waals surface area contributed by atoms with Gasteiger partial charge in [-0.1, -0.05) is 48.5 Å². The minimum Gasteiger partial charge on any atom is -0.480 e. The third kappa shape index (κ3) is 3.55. The molecule has 0 radical (unpaired) electrons. The van der Waals surface area contributed by atoms with Gasteiger partial charge in [0.1, 0.15) is 12.6 Å². The van der Waals surface area contributed by atoms with Gasteiger partial charge in [0.15, 0.2) is 0 Å². The van der Waals surface area contributed by atoms with Gasteiger partial charge in [-0.05, 0) is 22.3 Å². The van der Waals surface area contributed by atoms with Crippen molar-refractivity contribution in [2.24, 2.45) is 0 Å². The predicted molar refractivity (Wildman–Crippen MR) is 105 cm³/mol. The average Bonchev–Trinajstić information content (AvgIpc) is 3.26. The number of benzene rings is 2. The number of nitrogens with zero attached hydrogens (tertiary/aromatic N) is 1. The first kappa shape index (κ1) is 19.0. The number of carbonyl (C=O) groups is 3. The van der Waals surface area contributed by atoms with Crippen LogP contribution < -0.4 is 5.32 Å². The lowest BCUT2D eigenvalue weighted by molar-refractivity contribution is -0.147. The standard InChI is InChI=1S/C22H22N2O5/c1-13(25)24-11-14(10-20(24)21(26)27)23-22(28)29-12-19-17-8-4-2-6-15(17)16-7-3-5-9-18(16)19/h2-9,14,19-20H,10-12H2,1H3,(H,23,28)(H,26,27). The topological polar surface area (TPSA) is 95.9 Å². The van der Waals surface area contributed by atoms with E-state index in [1.807, 2.05) is 36.4 Å². The molecule has 2 aliphatic rings. The fourth-order valence-electron chi connectivity index (χ4n) is 4.33. The molecule has 2 aromatic carbocycles. The molecular formula is C22H22N2O5. The van der Waals surface area contributed by atoms with E-state index >= 15 is 0 Å². The van der Waals surface area contributed by atoms with E-state index in [4.69, 9.17) is 4.74 Å². The Hall–Kier alpha value is -3.35. The Bertz CT molecular complexity index is 906. The zero-order valence-corrected chi connectivity index (χ0v) is 16.0. The van der Waals surface area contributed by atoms with Crippen LogP contribution in [-0.2, 0) is 14.3 Å². The molecule has 2 N–H and O–H groups in total. The number of carbonyl (C=O) groups excluding carboxylic acids is 2. The molecule has 2 unspecified atom stereocenters. The van der Waals surface area contributed by atoms with Gasteiger partial charge < -0.3 is 20.1 Å². The number of ether oxygens (including phenoxy) is 1.